The molecule has 1 N–H and O–H groups in total. The lowest BCUT2D eigenvalue weighted by Gasteiger charge is -2.28. The highest BCUT2D eigenvalue weighted by Crippen LogP contribution is 2.23. The smallest absolute Gasteiger partial charge is 0.00693 e. The van der Waals surface area contributed by atoms with Gasteiger partial charge in [-0.05, 0) is 37.6 Å². The van der Waals surface area contributed by atoms with Gasteiger partial charge in [0.1, 0.15) is 0 Å². The van der Waals surface area contributed by atoms with Crippen LogP contribution in [0.1, 0.15) is 60.8 Å². The Bertz CT molecular complexity index is 140. The van der Waals surface area contributed by atoms with Crippen LogP contribution in [0.3, 0.4) is 0 Å². The summed E-state index contributed by atoms with van der Waals surface area (Å²) in [6.07, 6.45) is 4.14. The van der Waals surface area contributed by atoms with E-state index in [0.29, 0.717) is 6.04 Å². The van der Waals surface area contributed by atoms with Gasteiger partial charge in [0.25, 0.3) is 0 Å². The molecule has 0 saturated heterocycles. The highest BCUT2D eigenvalue weighted by molar-refractivity contribution is 4.74. The second-order valence-corrected chi connectivity index (χ2v) is 5.58. The van der Waals surface area contributed by atoms with Crippen molar-refractivity contribution in [3.8, 4) is 0 Å². The molecule has 0 aromatic heterocycles. The summed E-state index contributed by atoms with van der Waals surface area (Å²) in [6.45, 7) is 15.0. The molecule has 0 rings (SSSR count). The predicted octanol–water partition coefficient (Wildman–Crippen LogP) is 4.08. The summed E-state index contributed by atoms with van der Waals surface area (Å²) in [6, 6.07) is 0.669. The first-order chi connectivity index (χ1) is 6.99. The first kappa shape index (κ1) is 15.0. The minimum atomic E-state index is 0.669. The number of hydrogen-bond acceptors (Lipinski definition) is 1. The predicted molar refractivity (Wildman–Crippen MR) is 70.2 cm³/mol. The van der Waals surface area contributed by atoms with E-state index in [1.165, 1.54) is 19.3 Å². The zero-order valence-corrected chi connectivity index (χ0v) is 11.6. The Morgan fingerprint density at radius 2 is 1.53 bits per heavy atom. The summed E-state index contributed by atoms with van der Waals surface area (Å²) in [5, 5.41) is 3.57. The number of nitrogens with one attached hydrogen (secondary N) is 1. The molecule has 0 fully saturated rings. The molecule has 0 amide bonds. The normalized spacial score (nSPS) is 16.0. The molecule has 0 bridgehead atoms. The van der Waals surface area contributed by atoms with Gasteiger partial charge in [-0.2, -0.15) is 0 Å². The molecule has 0 saturated carbocycles. The average molecular weight is 213 g/mol. The summed E-state index contributed by atoms with van der Waals surface area (Å²) in [5.41, 5.74) is 0. The first-order valence-electron chi connectivity index (χ1n) is 6.72. The van der Waals surface area contributed by atoms with Gasteiger partial charge in [0.05, 0.1) is 0 Å². The van der Waals surface area contributed by atoms with Crippen LogP contribution in [-0.2, 0) is 0 Å². The summed E-state index contributed by atoms with van der Waals surface area (Å²) >= 11 is 0. The van der Waals surface area contributed by atoms with Crippen LogP contribution in [0.4, 0.5) is 0 Å². The van der Waals surface area contributed by atoms with Crippen molar-refractivity contribution in [1.29, 1.82) is 0 Å². The first-order valence-corrected chi connectivity index (χ1v) is 6.72. The van der Waals surface area contributed by atoms with Crippen molar-refractivity contribution in [3.63, 3.8) is 0 Å². The Kier molecular flexibility index (Phi) is 8.13. The molecule has 0 heterocycles. The van der Waals surface area contributed by atoms with E-state index in [1.54, 1.807) is 0 Å². The molecular weight excluding hydrogens is 182 g/mol. The van der Waals surface area contributed by atoms with Crippen LogP contribution in [0.15, 0.2) is 0 Å². The highest BCUT2D eigenvalue weighted by atomic mass is 14.9. The Morgan fingerprint density at radius 1 is 0.933 bits per heavy atom. The quantitative estimate of drug-likeness (QED) is 0.640. The van der Waals surface area contributed by atoms with Crippen LogP contribution in [0.2, 0.25) is 0 Å². The average Bonchev–Trinajstić information content (AvgIpc) is 2.11. The van der Waals surface area contributed by atoms with E-state index in [9.17, 15) is 0 Å². The van der Waals surface area contributed by atoms with E-state index < -0.39 is 0 Å². The molecule has 0 aliphatic rings. The van der Waals surface area contributed by atoms with Crippen LogP contribution >= 0.6 is 0 Å². The Morgan fingerprint density at radius 3 is 1.93 bits per heavy atom. The van der Waals surface area contributed by atoms with Crippen molar-refractivity contribution >= 4 is 0 Å². The minimum Gasteiger partial charge on any atom is -0.314 e. The van der Waals surface area contributed by atoms with E-state index in [1.807, 2.05) is 0 Å². The zero-order chi connectivity index (χ0) is 11.8. The second-order valence-electron chi connectivity index (χ2n) is 5.58. The maximum atomic E-state index is 3.57. The fourth-order valence-electron chi connectivity index (χ4n) is 2.40. The lowest BCUT2D eigenvalue weighted by atomic mass is 9.84. The zero-order valence-electron chi connectivity index (χ0n) is 11.6. The van der Waals surface area contributed by atoms with Crippen molar-refractivity contribution in [3.05, 3.63) is 0 Å². The standard InChI is InChI=1S/C14H31N/c1-7-15-13(6)14(12(4)5)10-8-9-11(2)3/h11-15H,7-10H2,1-6H3. The molecule has 15 heavy (non-hydrogen) atoms. The van der Waals surface area contributed by atoms with Crippen molar-refractivity contribution in [2.24, 2.45) is 17.8 Å². The Labute approximate surface area is 97.0 Å². The van der Waals surface area contributed by atoms with Gasteiger partial charge < -0.3 is 5.32 Å². The maximum absolute atomic E-state index is 3.57. The third-order valence-electron chi connectivity index (χ3n) is 3.34. The third kappa shape index (κ3) is 6.94. The summed E-state index contributed by atoms with van der Waals surface area (Å²) < 4.78 is 0. The van der Waals surface area contributed by atoms with Gasteiger partial charge in [-0.15, -0.1) is 0 Å². The Hall–Kier alpha value is -0.0400. The molecule has 92 valence electrons. The van der Waals surface area contributed by atoms with Crippen LogP contribution in [0, 0.1) is 17.8 Å². The van der Waals surface area contributed by atoms with E-state index in [0.717, 1.165) is 24.3 Å². The van der Waals surface area contributed by atoms with E-state index in [-0.39, 0.29) is 0 Å². The van der Waals surface area contributed by atoms with E-state index in [2.05, 4.69) is 46.9 Å². The minimum absolute atomic E-state index is 0.669. The van der Waals surface area contributed by atoms with Crippen molar-refractivity contribution in [1.82, 2.24) is 5.32 Å². The van der Waals surface area contributed by atoms with Gasteiger partial charge in [-0.25, -0.2) is 0 Å². The molecule has 1 nitrogen and oxygen atoms in total. The van der Waals surface area contributed by atoms with Crippen LogP contribution in [-0.4, -0.2) is 12.6 Å². The maximum Gasteiger partial charge on any atom is 0.00693 e. The highest BCUT2D eigenvalue weighted by Gasteiger charge is 2.19. The van der Waals surface area contributed by atoms with E-state index in [4.69, 9.17) is 0 Å². The lowest BCUT2D eigenvalue weighted by molar-refractivity contribution is 0.265. The van der Waals surface area contributed by atoms with Gasteiger partial charge in [-0.1, -0.05) is 47.5 Å². The molecule has 2 unspecified atom stereocenters. The summed E-state index contributed by atoms with van der Waals surface area (Å²) in [5.74, 6) is 2.49. The van der Waals surface area contributed by atoms with Crippen LogP contribution < -0.4 is 5.32 Å². The van der Waals surface area contributed by atoms with E-state index >= 15 is 0 Å². The second kappa shape index (κ2) is 8.15. The largest absolute Gasteiger partial charge is 0.314 e. The third-order valence-corrected chi connectivity index (χ3v) is 3.34. The molecule has 0 radical (unpaired) electrons. The summed E-state index contributed by atoms with van der Waals surface area (Å²) in [4.78, 5) is 0. The monoisotopic (exact) mass is 213 g/mol. The van der Waals surface area contributed by atoms with Gasteiger partial charge in [-0.3, -0.25) is 0 Å². The molecule has 0 aliphatic carbocycles. The fraction of sp³-hybridized carbons (Fsp3) is 1.00. The van der Waals surface area contributed by atoms with Crippen molar-refractivity contribution in [2.45, 2.75) is 66.8 Å². The molecule has 1 heteroatoms. The topological polar surface area (TPSA) is 12.0 Å². The van der Waals surface area contributed by atoms with Crippen LogP contribution in [0.5, 0.6) is 0 Å². The van der Waals surface area contributed by atoms with Gasteiger partial charge >= 0.3 is 0 Å². The van der Waals surface area contributed by atoms with Crippen molar-refractivity contribution in [2.75, 3.05) is 6.54 Å². The van der Waals surface area contributed by atoms with Gasteiger partial charge in [0.15, 0.2) is 0 Å². The summed E-state index contributed by atoms with van der Waals surface area (Å²) in [7, 11) is 0. The Balaban J connectivity index is 3.93. The SMILES string of the molecule is CCNC(C)C(CCCC(C)C)C(C)C. The number of hydrogen-bond donors (Lipinski definition) is 1. The fourth-order valence-corrected chi connectivity index (χ4v) is 2.40. The van der Waals surface area contributed by atoms with Crippen molar-refractivity contribution < 1.29 is 0 Å². The molecule has 0 aromatic carbocycles. The van der Waals surface area contributed by atoms with Gasteiger partial charge in [0, 0.05) is 6.04 Å². The molecule has 0 aromatic rings. The molecular formula is C14H31N. The molecule has 2 atom stereocenters. The van der Waals surface area contributed by atoms with Crippen LogP contribution in [0.25, 0.3) is 0 Å². The number of rotatable bonds is 8. The molecule has 0 spiro atoms. The van der Waals surface area contributed by atoms with Gasteiger partial charge in [0.2, 0.25) is 0 Å². The lowest BCUT2D eigenvalue weighted by Crippen LogP contribution is -2.36. The molecule has 0 aliphatic heterocycles.